The highest BCUT2D eigenvalue weighted by Crippen LogP contribution is 2.32. The maximum absolute atomic E-state index is 15.0. The average molecular weight is 485 g/mol. The van der Waals surface area contributed by atoms with E-state index in [0.717, 1.165) is 17.0 Å². The number of alkyl carbamates (subject to hydrolysis) is 1. The first kappa shape index (κ1) is 25.3. The van der Waals surface area contributed by atoms with Gasteiger partial charge in [-0.3, -0.25) is 4.90 Å². The van der Waals surface area contributed by atoms with Crippen LogP contribution in [0.5, 0.6) is 0 Å². The van der Waals surface area contributed by atoms with E-state index in [9.17, 15) is 14.4 Å². The summed E-state index contributed by atoms with van der Waals surface area (Å²) in [6.07, 6.45) is -1.91. The quantitative estimate of drug-likeness (QED) is 0.641. The summed E-state index contributed by atoms with van der Waals surface area (Å²) >= 11 is 0. The second kappa shape index (κ2) is 10.3. The number of hydrogen-bond donors (Lipinski definition) is 1. The number of nitrogens with zero attached hydrogens (tertiary/aromatic N) is 3. The van der Waals surface area contributed by atoms with Gasteiger partial charge >= 0.3 is 18.3 Å². The first-order valence-electron chi connectivity index (χ1n) is 11.1. The van der Waals surface area contributed by atoms with Crippen molar-refractivity contribution in [3.05, 3.63) is 23.8 Å². The Labute approximate surface area is 196 Å². The van der Waals surface area contributed by atoms with E-state index in [4.69, 9.17) is 14.2 Å². The fourth-order valence-corrected chi connectivity index (χ4v) is 3.74. The summed E-state index contributed by atoms with van der Waals surface area (Å²) in [5.41, 5.74) is -0.895. The Kier molecular flexibility index (Phi) is 7.68. The molecule has 2 fully saturated rings. The summed E-state index contributed by atoms with van der Waals surface area (Å²) in [6, 6.07) is 1.46. The third kappa shape index (κ3) is 5.97. The van der Waals surface area contributed by atoms with Crippen LogP contribution < -0.4 is 15.1 Å². The van der Waals surface area contributed by atoms with Crippen LogP contribution in [-0.2, 0) is 14.2 Å². The van der Waals surface area contributed by atoms with Gasteiger partial charge in [0.25, 0.3) is 0 Å². The van der Waals surface area contributed by atoms with Crippen LogP contribution >= 0.6 is 0 Å². The molecule has 1 aromatic carbocycles. The van der Waals surface area contributed by atoms with Gasteiger partial charge < -0.3 is 29.3 Å². The minimum Gasteiger partial charge on any atom is -0.450 e. The standard InChI is InChI=1S/C22H30F2N4O6/c1-5-32-19(29)25-12-15-13-33-21(31)28(15)14-10-16(23)18(17(24)11-14)26-6-8-27(9-7-26)20(30)34-22(2,3)4/h10-11,15H,5-9,12-13H2,1-4H3,(H,25,29)/t15-/m0/s1. The lowest BCUT2D eigenvalue weighted by Crippen LogP contribution is -2.50. The third-order valence-corrected chi connectivity index (χ3v) is 5.25. The van der Waals surface area contributed by atoms with Crippen LogP contribution in [0.3, 0.4) is 0 Å². The number of piperazine rings is 1. The van der Waals surface area contributed by atoms with E-state index in [2.05, 4.69) is 5.32 Å². The molecule has 0 radical (unpaired) electrons. The van der Waals surface area contributed by atoms with Gasteiger partial charge in [-0.05, 0) is 27.7 Å². The van der Waals surface area contributed by atoms with Crippen molar-refractivity contribution >= 4 is 29.7 Å². The molecule has 1 aromatic rings. The minimum absolute atomic E-state index is 0.0117. The van der Waals surface area contributed by atoms with Crippen LogP contribution in [0, 0.1) is 11.6 Å². The van der Waals surface area contributed by atoms with Crippen LogP contribution in [0.15, 0.2) is 12.1 Å². The number of benzene rings is 1. The van der Waals surface area contributed by atoms with E-state index >= 15 is 8.78 Å². The number of rotatable bonds is 5. The van der Waals surface area contributed by atoms with Gasteiger partial charge in [0.1, 0.15) is 17.9 Å². The number of ether oxygens (including phenoxy) is 3. The Bertz CT molecular complexity index is 907. The second-order valence-corrected chi connectivity index (χ2v) is 8.91. The van der Waals surface area contributed by atoms with Gasteiger partial charge in [0.15, 0.2) is 11.6 Å². The Balaban J connectivity index is 1.69. The highest BCUT2D eigenvalue weighted by molar-refractivity contribution is 5.90. The number of nitrogens with one attached hydrogen (secondary N) is 1. The van der Waals surface area contributed by atoms with E-state index in [1.54, 1.807) is 27.7 Å². The molecule has 188 valence electrons. The Morgan fingerprint density at radius 3 is 2.32 bits per heavy atom. The topological polar surface area (TPSA) is 101 Å². The van der Waals surface area contributed by atoms with Gasteiger partial charge in [-0.25, -0.2) is 23.2 Å². The zero-order chi connectivity index (χ0) is 25.0. The zero-order valence-corrected chi connectivity index (χ0v) is 19.7. The van der Waals surface area contributed by atoms with Crippen molar-refractivity contribution in [1.82, 2.24) is 10.2 Å². The van der Waals surface area contributed by atoms with Crippen molar-refractivity contribution in [3.63, 3.8) is 0 Å². The summed E-state index contributed by atoms with van der Waals surface area (Å²) in [4.78, 5) is 40.1. The van der Waals surface area contributed by atoms with Crippen molar-refractivity contribution < 1.29 is 37.4 Å². The van der Waals surface area contributed by atoms with Crippen LogP contribution in [0.25, 0.3) is 0 Å². The van der Waals surface area contributed by atoms with Crippen LogP contribution in [0.2, 0.25) is 0 Å². The molecule has 1 N–H and O–H groups in total. The molecule has 2 aliphatic heterocycles. The molecule has 2 aliphatic rings. The molecule has 3 rings (SSSR count). The van der Waals surface area contributed by atoms with Gasteiger partial charge in [-0.1, -0.05) is 0 Å². The molecule has 0 saturated carbocycles. The van der Waals surface area contributed by atoms with E-state index < -0.39 is 41.6 Å². The largest absolute Gasteiger partial charge is 0.450 e. The third-order valence-electron chi connectivity index (χ3n) is 5.25. The molecule has 0 spiro atoms. The summed E-state index contributed by atoms with van der Waals surface area (Å²) in [6.45, 7) is 7.98. The van der Waals surface area contributed by atoms with Crippen molar-refractivity contribution in [3.8, 4) is 0 Å². The molecule has 0 unspecified atom stereocenters. The number of carbonyl (C=O) groups excluding carboxylic acids is 3. The molecule has 12 heteroatoms. The van der Waals surface area contributed by atoms with Gasteiger partial charge in [-0.15, -0.1) is 0 Å². The first-order valence-corrected chi connectivity index (χ1v) is 11.1. The van der Waals surface area contributed by atoms with Crippen LogP contribution in [0.4, 0.5) is 34.5 Å². The molecule has 0 bridgehead atoms. The Morgan fingerprint density at radius 2 is 1.76 bits per heavy atom. The summed E-state index contributed by atoms with van der Waals surface area (Å²) in [5, 5.41) is 2.49. The van der Waals surface area contributed by atoms with E-state index in [1.807, 2.05) is 0 Å². The number of cyclic esters (lactones) is 1. The van der Waals surface area contributed by atoms with Crippen molar-refractivity contribution in [2.24, 2.45) is 0 Å². The molecular formula is C22H30F2N4O6. The summed E-state index contributed by atoms with van der Waals surface area (Å²) in [5.74, 6) is -1.70. The van der Waals surface area contributed by atoms with Gasteiger partial charge in [-0.2, -0.15) is 0 Å². The number of carbonyl (C=O) groups is 3. The summed E-state index contributed by atoms with van der Waals surface area (Å²) < 4.78 is 45.2. The minimum atomic E-state index is -0.850. The molecule has 10 nitrogen and oxygen atoms in total. The molecule has 2 heterocycles. The fraction of sp³-hybridized carbons (Fsp3) is 0.591. The zero-order valence-electron chi connectivity index (χ0n) is 19.7. The molecule has 2 saturated heterocycles. The Hall–Kier alpha value is -3.31. The smallest absolute Gasteiger partial charge is 0.414 e. The van der Waals surface area contributed by atoms with E-state index in [-0.39, 0.29) is 57.3 Å². The summed E-state index contributed by atoms with van der Waals surface area (Å²) in [7, 11) is 0. The molecule has 0 aromatic heterocycles. The lowest BCUT2D eigenvalue weighted by molar-refractivity contribution is 0.0240. The van der Waals surface area contributed by atoms with Crippen molar-refractivity contribution in [2.75, 3.05) is 55.7 Å². The van der Waals surface area contributed by atoms with Crippen molar-refractivity contribution in [1.29, 1.82) is 0 Å². The van der Waals surface area contributed by atoms with Gasteiger partial charge in [0.05, 0.1) is 18.3 Å². The lowest BCUT2D eigenvalue weighted by Gasteiger charge is -2.37. The molecule has 0 aliphatic carbocycles. The molecular weight excluding hydrogens is 454 g/mol. The number of halogens is 2. The molecule has 34 heavy (non-hydrogen) atoms. The lowest BCUT2D eigenvalue weighted by atomic mass is 10.1. The van der Waals surface area contributed by atoms with Crippen molar-refractivity contribution in [2.45, 2.75) is 39.3 Å². The highest BCUT2D eigenvalue weighted by Gasteiger charge is 2.36. The van der Waals surface area contributed by atoms with Crippen LogP contribution in [0.1, 0.15) is 27.7 Å². The van der Waals surface area contributed by atoms with E-state index in [1.165, 1.54) is 9.80 Å². The normalized spacial score (nSPS) is 18.6. The first-order chi connectivity index (χ1) is 16.0. The maximum atomic E-state index is 15.0. The predicted molar refractivity (Wildman–Crippen MR) is 119 cm³/mol. The monoisotopic (exact) mass is 484 g/mol. The maximum Gasteiger partial charge on any atom is 0.414 e. The average Bonchev–Trinajstić information content (AvgIpc) is 3.11. The number of anilines is 2. The number of amides is 3. The van der Waals surface area contributed by atoms with E-state index in [0.29, 0.717) is 0 Å². The Morgan fingerprint density at radius 1 is 1.15 bits per heavy atom. The fourth-order valence-electron chi connectivity index (χ4n) is 3.74. The predicted octanol–water partition coefficient (Wildman–Crippen LogP) is 3.09. The number of hydrogen-bond acceptors (Lipinski definition) is 7. The second-order valence-electron chi connectivity index (χ2n) is 8.91. The molecule has 3 amide bonds. The van der Waals surface area contributed by atoms with Crippen LogP contribution in [-0.4, -0.2) is 80.8 Å². The SMILES string of the molecule is CCOC(=O)NC[C@H]1COC(=O)N1c1cc(F)c(N2CCN(C(=O)OC(C)(C)C)CC2)c(F)c1. The van der Waals surface area contributed by atoms with Gasteiger partial charge in [0.2, 0.25) is 0 Å². The highest BCUT2D eigenvalue weighted by atomic mass is 19.1. The molecule has 1 atom stereocenters. The van der Waals surface area contributed by atoms with Gasteiger partial charge in [0, 0.05) is 44.9 Å².